The van der Waals surface area contributed by atoms with Crippen LogP contribution in [0.15, 0.2) is 30.3 Å². The molecule has 5 heteroatoms. The van der Waals surface area contributed by atoms with Gasteiger partial charge in [-0.25, -0.2) is 0 Å². The molecule has 0 aliphatic carbocycles. The SMILES string of the molecule is NC(C(=O)O)C(O)COCc1ccccc1. The molecule has 0 amide bonds. The topological polar surface area (TPSA) is 92.8 Å². The van der Waals surface area contributed by atoms with Crippen LogP contribution in [0.2, 0.25) is 0 Å². The van der Waals surface area contributed by atoms with Crippen molar-refractivity contribution in [1.29, 1.82) is 0 Å². The number of aliphatic hydroxyl groups is 1. The molecular formula is C11H15NO4. The molecule has 0 bridgehead atoms. The molecule has 0 aliphatic rings. The highest BCUT2D eigenvalue weighted by Gasteiger charge is 2.21. The van der Waals surface area contributed by atoms with Crippen molar-refractivity contribution in [3.05, 3.63) is 35.9 Å². The normalized spacial score (nSPS) is 14.4. The van der Waals surface area contributed by atoms with E-state index in [9.17, 15) is 9.90 Å². The summed E-state index contributed by atoms with van der Waals surface area (Å²) < 4.78 is 5.16. The third-order valence-corrected chi connectivity index (χ3v) is 2.10. The van der Waals surface area contributed by atoms with Gasteiger partial charge in [-0.15, -0.1) is 0 Å². The van der Waals surface area contributed by atoms with Gasteiger partial charge in [-0.1, -0.05) is 30.3 Å². The highest BCUT2D eigenvalue weighted by atomic mass is 16.5. The molecule has 0 saturated carbocycles. The number of ether oxygens (including phenoxy) is 1. The Kier molecular flexibility index (Phi) is 4.91. The van der Waals surface area contributed by atoms with Crippen molar-refractivity contribution in [3.8, 4) is 0 Å². The minimum atomic E-state index is -1.31. The summed E-state index contributed by atoms with van der Waals surface area (Å²) in [5, 5.41) is 17.9. The molecule has 0 spiro atoms. The first-order chi connectivity index (χ1) is 7.61. The summed E-state index contributed by atoms with van der Waals surface area (Å²) in [7, 11) is 0. The fourth-order valence-corrected chi connectivity index (χ4v) is 1.14. The zero-order chi connectivity index (χ0) is 12.0. The molecule has 5 nitrogen and oxygen atoms in total. The third kappa shape index (κ3) is 3.98. The van der Waals surface area contributed by atoms with Crippen LogP contribution < -0.4 is 5.73 Å². The Balaban J connectivity index is 2.28. The summed E-state index contributed by atoms with van der Waals surface area (Å²) in [5.74, 6) is -1.24. The van der Waals surface area contributed by atoms with Crippen LogP contribution in [0.3, 0.4) is 0 Å². The van der Waals surface area contributed by atoms with Crippen LogP contribution in [0, 0.1) is 0 Å². The van der Waals surface area contributed by atoms with Crippen molar-refractivity contribution in [2.45, 2.75) is 18.8 Å². The van der Waals surface area contributed by atoms with E-state index in [0.29, 0.717) is 6.61 Å². The molecule has 88 valence electrons. The lowest BCUT2D eigenvalue weighted by molar-refractivity contribution is -0.142. The number of hydrogen-bond donors (Lipinski definition) is 3. The number of rotatable bonds is 6. The van der Waals surface area contributed by atoms with Crippen LogP contribution in [0.1, 0.15) is 5.56 Å². The number of nitrogens with two attached hydrogens (primary N) is 1. The quantitative estimate of drug-likeness (QED) is 0.632. The highest BCUT2D eigenvalue weighted by molar-refractivity contribution is 5.73. The number of carboxylic acids is 1. The molecule has 1 aromatic carbocycles. The van der Waals surface area contributed by atoms with Gasteiger partial charge in [0.25, 0.3) is 0 Å². The largest absolute Gasteiger partial charge is 0.480 e. The molecule has 16 heavy (non-hydrogen) atoms. The molecular weight excluding hydrogens is 210 g/mol. The van der Waals surface area contributed by atoms with E-state index >= 15 is 0 Å². The lowest BCUT2D eigenvalue weighted by Crippen LogP contribution is -2.44. The van der Waals surface area contributed by atoms with Crippen molar-refractivity contribution >= 4 is 5.97 Å². The fourth-order valence-electron chi connectivity index (χ4n) is 1.14. The number of carboxylic acid groups (broad SMARTS) is 1. The Morgan fingerprint density at radius 2 is 2.00 bits per heavy atom. The van der Waals surface area contributed by atoms with Crippen LogP contribution in [0.25, 0.3) is 0 Å². The first kappa shape index (κ1) is 12.6. The summed E-state index contributed by atoms with van der Waals surface area (Å²) >= 11 is 0. The molecule has 0 aromatic heterocycles. The Morgan fingerprint density at radius 1 is 1.38 bits per heavy atom. The van der Waals surface area contributed by atoms with Gasteiger partial charge in [0.05, 0.1) is 13.2 Å². The summed E-state index contributed by atoms with van der Waals surface area (Å²) in [6.07, 6.45) is -1.19. The van der Waals surface area contributed by atoms with Gasteiger partial charge in [-0.05, 0) is 5.56 Å². The maximum Gasteiger partial charge on any atom is 0.323 e. The number of aliphatic carboxylic acids is 1. The van der Waals surface area contributed by atoms with E-state index in [1.807, 2.05) is 30.3 Å². The second kappa shape index (κ2) is 6.22. The van der Waals surface area contributed by atoms with E-state index in [1.165, 1.54) is 0 Å². The predicted molar refractivity (Wildman–Crippen MR) is 57.7 cm³/mol. The molecule has 0 saturated heterocycles. The Bertz CT molecular complexity index is 328. The van der Waals surface area contributed by atoms with Crippen molar-refractivity contribution in [2.24, 2.45) is 5.73 Å². The van der Waals surface area contributed by atoms with E-state index in [4.69, 9.17) is 15.6 Å². The number of hydrogen-bond acceptors (Lipinski definition) is 4. The van der Waals surface area contributed by atoms with Crippen molar-refractivity contribution < 1.29 is 19.7 Å². The number of carbonyl (C=O) groups is 1. The number of aliphatic hydroxyl groups excluding tert-OH is 1. The highest BCUT2D eigenvalue weighted by Crippen LogP contribution is 2.01. The van der Waals surface area contributed by atoms with Gasteiger partial charge in [0.15, 0.2) is 0 Å². The van der Waals surface area contributed by atoms with Crippen molar-refractivity contribution in [3.63, 3.8) is 0 Å². The van der Waals surface area contributed by atoms with E-state index in [0.717, 1.165) is 5.56 Å². The van der Waals surface area contributed by atoms with Crippen LogP contribution in [0.5, 0.6) is 0 Å². The number of benzene rings is 1. The Labute approximate surface area is 93.5 Å². The van der Waals surface area contributed by atoms with Crippen LogP contribution in [-0.2, 0) is 16.1 Å². The summed E-state index contributed by atoms with van der Waals surface area (Å²) in [6, 6.07) is 8.08. The maximum absolute atomic E-state index is 10.4. The average molecular weight is 225 g/mol. The Hall–Kier alpha value is -1.43. The molecule has 0 heterocycles. The zero-order valence-electron chi connectivity index (χ0n) is 8.74. The van der Waals surface area contributed by atoms with Gasteiger partial charge in [0, 0.05) is 0 Å². The first-order valence-electron chi connectivity index (χ1n) is 4.89. The van der Waals surface area contributed by atoms with Gasteiger partial charge in [-0.2, -0.15) is 0 Å². The van der Waals surface area contributed by atoms with Gasteiger partial charge in [0.1, 0.15) is 12.1 Å². The summed E-state index contributed by atoms with van der Waals surface area (Å²) in [6.45, 7) is 0.229. The summed E-state index contributed by atoms with van der Waals surface area (Å²) in [5.41, 5.74) is 6.17. The maximum atomic E-state index is 10.4. The van der Waals surface area contributed by atoms with Gasteiger partial charge >= 0.3 is 5.97 Å². The van der Waals surface area contributed by atoms with Gasteiger partial charge in [0.2, 0.25) is 0 Å². The van der Waals surface area contributed by atoms with E-state index in [1.54, 1.807) is 0 Å². The standard InChI is InChI=1S/C11H15NO4/c12-10(11(14)15)9(13)7-16-6-8-4-2-1-3-5-8/h1-5,9-10,13H,6-7,12H2,(H,14,15). The van der Waals surface area contributed by atoms with Crippen LogP contribution in [0.4, 0.5) is 0 Å². The molecule has 2 unspecified atom stereocenters. The average Bonchev–Trinajstić information content (AvgIpc) is 2.29. The van der Waals surface area contributed by atoms with Gasteiger partial charge < -0.3 is 20.7 Å². The van der Waals surface area contributed by atoms with E-state index in [2.05, 4.69) is 0 Å². The first-order valence-corrected chi connectivity index (χ1v) is 4.89. The lowest BCUT2D eigenvalue weighted by atomic mass is 10.2. The molecule has 0 aliphatic heterocycles. The Morgan fingerprint density at radius 3 is 2.56 bits per heavy atom. The molecule has 4 N–H and O–H groups in total. The lowest BCUT2D eigenvalue weighted by Gasteiger charge is -2.14. The van der Waals surface area contributed by atoms with Crippen LogP contribution >= 0.6 is 0 Å². The monoisotopic (exact) mass is 225 g/mol. The predicted octanol–water partition coefficient (Wildman–Crippen LogP) is -0.0240. The molecule has 1 rings (SSSR count). The third-order valence-electron chi connectivity index (χ3n) is 2.10. The smallest absolute Gasteiger partial charge is 0.323 e. The molecule has 0 fully saturated rings. The van der Waals surface area contributed by atoms with Gasteiger partial charge in [-0.3, -0.25) is 4.79 Å². The van der Waals surface area contributed by atoms with Crippen molar-refractivity contribution in [1.82, 2.24) is 0 Å². The second-order valence-corrected chi connectivity index (χ2v) is 3.43. The molecule has 1 aromatic rings. The second-order valence-electron chi connectivity index (χ2n) is 3.43. The van der Waals surface area contributed by atoms with Crippen molar-refractivity contribution in [2.75, 3.05) is 6.61 Å². The molecule has 2 atom stereocenters. The van der Waals surface area contributed by atoms with Crippen LogP contribution in [-0.4, -0.2) is 34.9 Å². The fraction of sp³-hybridized carbons (Fsp3) is 0.364. The zero-order valence-corrected chi connectivity index (χ0v) is 8.74. The molecule has 0 radical (unpaired) electrons. The summed E-state index contributed by atoms with van der Waals surface area (Å²) in [4.78, 5) is 10.4. The van der Waals surface area contributed by atoms with E-state index in [-0.39, 0.29) is 6.61 Å². The minimum absolute atomic E-state index is 0.0949. The minimum Gasteiger partial charge on any atom is -0.480 e. The van der Waals surface area contributed by atoms with E-state index < -0.39 is 18.1 Å².